The van der Waals surface area contributed by atoms with Crippen LogP contribution in [-0.4, -0.2) is 35.5 Å². The highest BCUT2D eigenvalue weighted by Gasteiger charge is 2.30. The molecule has 0 aromatic carbocycles. The minimum absolute atomic E-state index is 0.199. The predicted octanol–water partition coefficient (Wildman–Crippen LogP) is 0.692. The van der Waals surface area contributed by atoms with Gasteiger partial charge in [0.2, 0.25) is 5.91 Å². The van der Waals surface area contributed by atoms with E-state index < -0.39 is 11.4 Å². The number of likely N-dealkylation sites (tertiary alicyclic amines) is 1. The maximum atomic E-state index is 11.9. The van der Waals surface area contributed by atoms with Crippen LogP contribution in [0.15, 0.2) is 0 Å². The SMILES string of the molecule is CC1CCCN(C(=O)NC(C)(C)C(N)=O)C1. The molecule has 3 N–H and O–H groups in total. The molecule has 1 aliphatic rings. The first-order valence-electron chi connectivity index (χ1n) is 5.70. The van der Waals surface area contributed by atoms with Crippen LogP contribution in [-0.2, 0) is 4.79 Å². The van der Waals surface area contributed by atoms with Crippen LogP contribution in [0.4, 0.5) is 4.79 Å². The molecule has 0 aliphatic carbocycles. The lowest BCUT2D eigenvalue weighted by Gasteiger charge is -2.33. The smallest absolute Gasteiger partial charge is 0.318 e. The Morgan fingerprint density at radius 1 is 1.44 bits per heavy atom. The normalized spacial score (nSPS) is 21.7. The number of nitrogens with two attached hydrogens (primary N) is 1. The van der Waals surface area contributed by atoms with Crippen molar-refractivity contribution in [2.45, 2.75) is 39.2 Å². The van der Waals surface area contributed by atoms with Gasteiger partial charge in [-0.2, -0.15) is 0 Å². The summed E-state index contributed by atoms with van der Waals surface area (Å²) in [7, 11) is 0. The maximum absolute atomic E-state index is 11.9. The third kappa shape index (κ3) is 3.12. The molecule has 1 atom stereocenters. The summed E-state index contributed by atoms with van der Waals surface area (Å²) in [6.07, 6.45) is 2.18. The second-order valence-corrected chi connectivity index (χ2v) is 5.11. The number of carbonyl (C=O) groups excluding carboxylic acids is 2. The molecule has 1 rings (SSSR count). The lowest BCUT2D eigenvalue weighted by molar-refractivity contribution is -0.122. The summed E-state index contributed by atoms with van der Waals surface area (Å²) in [5.41, 5.74) is 4.21. The van der Waals surface area contributed by atoms with Gasteiger partial charge < -0.3 is 16.0 Å². The second kappa shape index (κ2) is 4.72. The van der Waals surface area contributed by atoms with Crippen LogP contribution in [0.3, 0.4) is 0 Å². The summed E-state index contributed by atoms with van der Waals surface area (Å²) in [4.78, 5) is 24.7. The highest BCUT2D eigenvalue weighted by molar-refractivity contribution is 5.89. The molecule has 0 spiro atoms. The van der Waals surface area contributed by atoms with E-state index in [9.17, 15) is 9.59 Å². The first-order chi connectivity index (χ1) is 7.33. The van der Waals surface area contributed by atoms with Crippen LogP contribution < -0.4 is 11.1 Å². The molecule has 92 valence electrons. The fourth-order valence-electron chi connectivity index (χ4n) is 1.78. The van der Waals surface area contributed by atoms with Crippen LogP contribution in [0.5, 0.6) is 0 Å². The van der Waals surface area contributed by atoms with E-state index in [0.717, 1.165) is 25.9 Å². The minimum Gasteiger partial charge on any atom is -0.368 e. The molecular formula is C11H21N3O2. The fraction of sp³-hybridized carbons (Fsp3) is 0.818. The molecule has 0 bridgehead atoms. The Labute approximate surface area is 96.4 Å². The summed E-state index contributed by atoms with van der Waals surface area (Å²) in [5, 5.41) is 2.66. The van der Waals surface area contributed by atoms with Crippen molar-refractivity contribution in [2.75, 3.05) is 13.1 Å². The van der Waals surface area contributed by atoms with Gasteiger partial charge in [0.1, 0.15) is 5.54 Å². The predicted molar refractivity (Wildman–Crippen MR) is 61.8 cm³/mol. The van der Waals surface area contributed by atoms with Crippen molar-refractivity contribution in [3.05, 3.63) is 0 Å². The number of amides is 3. The summed E-state index contributed by atoms with van der Waals surface area (Å²) in [6.45, 7) is 6.85. The summed E-state index contributed by atoms with van der Waals surface area (Å²) >= 11 is 0. The Balaban J connectivity index is 2.55. The molecule has 5 heteroatoms. The molecule has 3 amide bonds. The zero-order valence-corrected chi connectivity index (χ0v) is 10.2. The van der Waals surface area contributed by atoms with E-state index in [1.54, 1.807) is 18.7 Å². The Kier molecular flexibility index (Phi) is 3.78. The van der Waals surface area contributed by atoms with Crippen LogP contribution in [0.2, 0.25) is 0 Å². The quantitative estimate of drug-likeness (QED) is 0.728. The van der Waals surface area contributed by atoms with Crippen molar-refractivity contribution in [2.24, 2.45) is 11.7 Å². The zero-order valence-electron chi connectivity index (χ0n) is 10.2. The number of primary amides is 1. The summed E-state index contributed by atoms with van der Waals surface area (Å²) < 4.78 is 0. The lowest BCUT2D eigenvalue weighted by atomic mass is 10.0. The molecule has 0 aromatic heterocycles. The van der Waals surface area contributed by atoms with Gasteiger partial charge in [0.25, 0.3) is 0 Å². The number of urea groups is 1. The molecule has 1 unspecified atom stereocenters. The largest absolute Gasteiger partial charge is 0.368 e. The van der Waals surface area contributed by atoms with Crippen molar-refractivity contribution in [1.29, 1.82) is 0 Å². The van der Waals surface area contributed by atoms with E-state index in [0.29, 0.717) is 5.92 Å². The lowest BCUT2D eigenvalue weighted by Crippen LogP contribution is -2.57. The number of hydrogen-bond donors (Lipinski definition) is 2. The van der Waals surface area contributed by atoms with Crippen molar-refractivity contribution >= 4 is 11.9 Å². The number of piperidine rings is 1. The van der Waals surface area contributed by atoms with Crippen molar-refractivity contribution < 1.29 is 9.59 Å². The first kappa shape index (κ1) is 12.8. The van der Waals surface area contributed by atoms with Crippen LogP contribution in [0.1, 0.15) is 33.6 Å². The Morgan fingerprint density at radius 3 is 2.56 bits per heavy atom. The molecule has 1 saturated heterocycles. The third-order valence-corrected chi connectivity index (χ3v) is 2.98. The van der Waals surface area contributed by atoms with Gasteiger partial charge in [-0.25, -0.2) is 4.79 Å². The number of rotatable bonds is 2. The summed E-state index contributed by atoms with van der Waals surface area (Å²) in [6, 6.07) is -0.199. The van der Waals surface area contributed by atoms with E-state index >= 15 is 0 Å². The average Bonchev–Trinajstić information content (AvgIpc) is 2.16. The molecule has 0 saturated carbocycles. The monoisotopic (exact) mass is 227 g/mol. The van der Waals surface area contributed by atoms with Gasteiger partial charge in [-0.05, 0) is 32.6 Å². The number of nitrogens with one attached hydrogen (secondary N) is 1. The first-order valence-corrected chi connectivity index (χ1v) is 5.70. The van der Waals surface area contributed by atoms with Crippen molar-refractivity contribution in [3.8, 4) is 0 Å². The van der Waals surface area contributed by atoms with E-state index in [2.05, 4.69) is 12.2 Å². The molecule has 1 aliphatic heterocycles. The third-order valence-electron chi connectivity index (χ3n) is 2.98. The highest BCUT2D eigenvalue weighted by Crippen LogP contribution is 2.16. The van der Waals surface area contributed by atoms with E-state index in [-0.39, 0.29) is 6.03 Å². The van der Waals surface area contributed by atoms with Crippen LogP contribution >= 0.6 is 0 Å². The molecule has 5 nitrogen and oxygen atoms in total. The summed E-state index contributed by atoms with van der Waals surface area (Å²) in [5.74, 6) is 0.00194. The Morgan fingerprint density at radius 2 is 2.06 bits per heavy atom. The number of carbonyl (C=O) groups is 2. The molecule has 0 radical (unpaired) electrons. The van der Waals surface area contributed by atoms with Gasteiger partial charge in [-0.3, -0.25) is 4.79 Å². The molecule has 16 heavy (non-hydrogen) atoms. The topological polar surface area (TPSA) is 75.4 Å². The van der Waals surface area contributed by atoms with Crippen LogP contribution in [0.25, 0.3) is 0 Å². The molecule has 0 aromatic rings. The van der Waals surface area contributed by atoms with Crippen LogP contribution in [0, 0.1) is 5.92 Å². The van der Waals surface area contributed by atoms with Gasteiger partial charge in [0, 0.05) is 13.1 Å². The van der Waals surface area contributed by atoms with Gasteiger partial charge >= 0.3 is 6.03 Å². The average molecular weight is 227 g/mol. The number of nitrogens with zero attached hydrogens (tertiary/aromatic N) is 1. The highest BCUT2D eigenvalue weighted by atomic mass is 16.2. The fourth-order valence-corrected chi connectivity index (χ4v) is 1.78. The molecule has 1 fully saturated rings. The molecule has 1 heterocycles. The van der Waals surface area contributed by atoms with E-state index in [4.69, 9.17) is 5.73 Å². The van der Waals surface area contributed by atoms with Gasteiger partial charge in [0.05, 0.1) is 0 Å². The maximum Gasteiger partial charge on any atom is 0.318 e. The second-order valence-electron chi connectivity index (χ2n) is 5.11. The van der Waals surface area contributed by atoms with Crippen molar-refractivity contribution in [3.63, 3.8) is 0 Å². The Bertz CT molecular complexity index is 289. The van der Waals surface area contributed by atoms with Gasteiger partial charge in [0.15, 0.2) is 0 Å². The standard InChI is InChI=1S/C11H21N3O2/c1-8-5-4-6-14(7-8)10(16)13-11(2,3)9(12)15/h8H,4-7H2,1-3H3,(H2,12,15)(H,13,16). The Hall–Kier alpha value is -1.26. The van der Waals surface area contributed by atoms with Gasteiger partial charge in [-0.15, -0.1) is 0 Å². The van der Waals surface area contributed by atoms with E-state index in [1.807, 2.05) is 0 Å². The van der Waals surface area contributed by atoms with Gasteiger partial charge in [-0.1, -0.05) is 6.92 Å². The van der Waals surface area contributed by atoms with Crippen molar-refractivity contribution in [1.82, 2.24) is 10.2 Å². The minimum atomic E-state index is -0.988. The molecular weight excluding hydrogens is 206 g/mol. The van der Waals surface area contributed by atoms with E-state index in [1.165, 1.54) is 0 Å². The zero-order chi connectivity index (χ0) is 12.3. The number of hydrogen-bond acceptors (Lipinski definition) is 2.